The first-order valence-corrected chi connectivity index (χ1v) is 32.2. The highest BCUT2D eigenvalue weighted by Crippen LogP contribution is 2.22. The average Bonchev–Trinajstić information content (AvgIpc) is 3.31. The summed E-state index contributed by atoms with van der Waals surface area (Å²) in [5.74, 6) is 1.91. The molecule has 2 atom stereocenters. The average molecular weight is 914 g/mol. The van der Waals surface area contributed by atoms with Crippen LogP contribution < -0.4 is 0 Å². The quantitative estimate of drug-likeness (QED) is 0.0534. The lowest BCUT2D eigenvalue weighted by Crippen LogP contribution is -1.95. The van der Waals surface area contributed by atoms with Crippen LogP contribution in [0.4, 0.5) is 0 Å². The molecular weight excluding hydrogens is 781 g/mol. The Morgan fingerprint density at radius 2 is 0.277 bits per heavy atom. The maximum absolute atomic E-state index is 2.53. The third kappa shape index (κ3) is 60.1. The highest BCUT2D eigenvalue weighted by molar-refractivity contribution is 4.58. The first kappa shape index (κ1) is 65.0. The molecule has 65 heavy (non-hydrogen) atoms. The van der Waals surface area contributed by atoms with Crippen LogP contribution in [0.25, 0.3) is 0 Å². The van der Waals surface area contributed by atoms with Crippen molar-refractivity contribution in [3.63, 3.8) is 0 Å². The summed E-state index contributed by atoms with van der Waals surface area (Å²) in [6.45, 7) is 9.59. The van der Waals surface area contributed by atoms with Crippen molar-refractivity contribution in [1.29, 1.82) is 0 Å². The molecule has 0 N–H and O–H groups in total. The molecular formula is C65H132. The minimum Gasteiger partial charge on any atom is -0.0654 e. The molecule has 0 rings (SSSR count). The zero-order chi connectivity index (χ0) is 46.9. The summed E-state index contributed by atoms with van der Waals surface area (Å²) in [6, 6.07) is 0. The van der Waals surface area contributed by atoms with Crippen LogP contribution in [-0.2, 0) is 0 Å². The van der Waals surface area contributed by atoms with Gasteiger partial charge in [-0.1, -0.05) is 407 Å². The van der Waals surface area contributed by atoms with E-state index in [2.05, 4.69) is 27.7 Å². The fourth-order valence-corrected chi connectivity index (χ4v) is 10.9. The maximum Gasteiger partial charge on any atom is -0.0443 e. The first-order valence-electron chi connectivity index (χ1n) is 32.2. The Morgan fingerprint density at radius 1 is 0.154 bits per heavy atom. The summed E-state index contributed by atoms with van der Waals surface area (Å²) in [5, 5.41) is 0. The second kappa shape index (κ2) is 60.1. The van der Waals surface area contributed by atoms with Gasteiger partial charge in [0.25, 0.3) is 0 Å². The van der Waals surface area contributed by atoms with Crippen molar-refractivity contribution >= 4 is 0 Å². The van der Waals surface area contributed by atoms with Crippen LogP contribution in [0.2, 0.25) is 0 Å². The molecule has 0 aromatic heterocycles. The molecule has 0 saturated carbocycles. The molecule has 0 nitrogen and oxygen atoms in total. The molecule has 0 amide bonds. The van der Waals surface area contributed by atoms with E-state index in [1.54, 1.807) is 0 Å². The highest BCUT2D eigenvalue weighted by atomic mass is 14.1. The Morgan fingerprint density at radius 3 is 0.415 bits per heavy atom. The standard InChI is InChI=1S/C65H132/c1-5-7-8-9-10-11-12-13-14-15-16-17-18-19-22-26-29-32-35-38-41-44-47-50-53-56-59-62-65(4)63-60-57-54-51-48-45-42-39-36-33-30-27-24-21-20-23-25-28-31-34-37-40-43-46-49-52-55-58-61-64(3)6-2/h64-65H,5-63H2,1-4H3. The molecule has 0 spiro atoms. The lowest BCUT2D eigenvalue weighted by Gasteiger charge is -2.11. The van der Waals surface area contributed by atoms with Crippen molar-refractivity contribution in [1.82, 2.24) is 0 Å². The molecule has 0 fully saturated rings. The summed E-state index contributed by atoms with van der Waals surface area (Å²) in [6.07, 6.45) is 87.7. The molecule has 0 radical (unpaired) electrons. The van der Waals surface area contributed by atoms with Gasteiger partial charge in [0.15, 0.2) is 0 Å². The van der Waals surface area contributed by atoms with Crippen LogP contribution in [-0.4, -0.2) is 0 Å². The van der Waals surface area contributed by atoms with E-state index in [1.165, 1.54) is 379 Å². The van der Waals surface area contributed by atoms with E-state index in [9.17, 15) is 0 Å². The molecule has 2 unspecified atom stereocenters. The van der Waals surface area contributed by atoms with Crippen LogP contribution in [0.3, 0.4) is 0 Å². The zero-order valence-corrected chi connectivity index (χ0v) is 46.9. The smallest absolute Gasteiger partial charge is 0.0443 e. The Balaban J connectivity index is 3.14. The van der Waals surface area contributed by atoms with E-state index in [0.29, 0.717) is 0 Å². The topological polar surface area (TPSA) is 0 Å². The Bertz CT molecular complexity index is 783. The number of rotatable bonds is 60. The first-order chi connectivity index (χ1) is 32.2. The predicted octanol–water partition coefficient (Wildman–Crippen LogP) is 25.3. The van der Waals surface area contributed by atoms with E-state index in [4.69, 9.17) is 0 Å². The lowest BCUT2D eigenvalue weighted by molar-refractivity contribution is 0.429. The van der Waals surface area contributed by atoms with Gasteiger partial charge in [-0.3, -0.25) is 0 Å². The molecule has 0 heterocycles. The van der Waals surface area contributed by atoms with Gasteiger partial charge in [-0.2, -0.15) is 0 Å². The van der Waals surface area contributed by atoms with Crippen molar-refractivity contribution in [2.75, 3.05) is 0 Å². The zero-order valence-electron chi connectivity index (χ0n) is 46.9. The number of unbranched alkanes of at least 4 members (excludes halogenated alkanes) is 53. The molecule has 0 heteroatoms. The maximum atomic E-state index is 2.53. The summed E-state index contributed by atoms with van der Waals surface area (Å²) < 4.78 is 0. The fraction of sp³-hybridized carbons (Fsp3) is 1.00. The summed E-state index contributed by atoms with van der Waals surface area (Å²) >= 11 is 0. The normalized spacial score (nSPS) is 12.7. The third-order valence-electron chi connectivity index (χ3n) is 16.1. The van der Waals surface area contributed by atoms with Gasteiger partial charge in [0.05, 0.1) is 0 Å². The monoisotopic (exact) mass is 913 g/mol. The van der Waals surface area contributed by atoms with Crippen LogP contribution in [0.5, 0.6) is 0 Å². The fourth-order valence-electron chi connectivity index (χ4n) is 10.9. The van der Waals surface area contributed by atoms with Gasteiger partial charge in [0.2, 0.25) is 0 Å². The van der Waals surface area contributed by atoms with Gasteiger partial charge < -0.3 is 0 Å². The summed E-state index contributed by atoms with van der Waals surface area (Å²) in [7, 11) is 0. The Kier molecular flexibility index (Phi) is 60.1. The van der Waals surface area contributed by atoms with Gasteiger partial charge in [-0.25, -0.2) is 0 Å². The van der Waals surface area contributed by atoms with Crippen molar-refractivity contribution < 1.29 is 0 Å². The Labute approximate surface area is 416 Å². The van der Waals surface area contributed by atoms with Crippen LogP contribution in [0, 0.1) is 11.8 Å². The van der Waals surface area contributed by atoms with Crippen molar-refractivity contribution in [3.8, 4) is 0 Å². The van der Waals surface area contributed by atoms with Gasteiger partial charge >= 0.3 is 0 Å². The molecule has 0 aromatic rings. The van der Waals surface area contributed by atoms with Crippen molar-refractivity contribution in [2.45, 2.75) is 407 Å². The molecule has 0 aliphatic rings. The van der Waals surface area contributed by atoms with Gasteiger partial charge in [0.1, 0.15) is 0 Å². The van der Waals surface area contributed by atoms with E-state index >= 15 is 0 Å². The Hall–Kier alpha value is 0. The molecule has 0 aromatic carbocycles. The minimum absolute atomic E-state index is 0.946. The molecule has 0 saturated heterocycles. The number of hydrogen-bond acceptors (Lipinski definition) is 0. The van der Waals surface area contributed by atoms with E-state index in [0.717, 1.165) is 11.8 Å². The number of hydrogen-bond donors (Lipinski definition) is 0. The summed E-state index contributed by atoms with van der Waals surface area (Å²) in [4.78, 5) is 0. The van der Waals surface area contributed by atoms with Gasteiger partial charge in [0, 0.05) is 0 Å². The molecule has 0 aliphatic carbocycles. The second-order valence-electron chi connectivity index (χ2n) is 23.1. The van der Waals surface area contributed by atoms with Crippen LogP contribution >= 0.6 is 0 Å². The molecule has 392 valence electrons. The van der Waals surface area contributed by atoms with Gasteiger partial charge in [-0.15, -0.1) is 0 Å². The van der Waals surface area contributed by atoms with Crippen LogP contribution in [0.15, 0.2) is 0 Å². The van der Waals surface area contributed by atoms with E-state index in [1.807, 2.05) is 0 Å². The third-order valence-corrected chi connectivity index (χ3v) is 16.1. The highest BCUT2D eigenvalue weighted by Gasteiger charge is 2.04. The second-order valence-corrected chi connectivity index (χ2v) is 23.1. The SMILES string of the molecule is CCCCCCCCCCCCCCCCCCCCCCCCCCCCCC(C)CCCCCCCCCCCCCCCCCCCCCCCCCCCCCCC(C)CC. The molecule has 0 bridgehead atoms. The lowest BCUT2D eigenvalue weighted by atomic mass is 9.95. The largest absolute Gasteiger partial charge is 0.0654 e. The van der Waals surface area contributed by atoms with Crippen molar-refractivity contribution in [2.24, 2.45) is 11.8 Å². The minimum atomic E-state index is 0.946. The van der Waals surface area contributed by atoms with Gasteiger partial charge in [-0.05, 0) is 11.8 Å². The van der Waals surface area contributed by atoms with Crippen molar-refractivity contribution in [3.05, 3.63) is 0 Å². The van der Waals surface area contributed by atoms with E-state index in [-0.39, 0.29) is 0 Å². The summed E-state index contributed by atoms with van der Waals surface area (Å²) in [5.41, 5.74) is 0. The predicted molar refractivity (Wildman–Crippen MR) is 302 cm³/mol. The van der Waals surface area contributed by atoms with Crippen LogP contribution in [0.1, 0.15) is 407 Å². The van der Waals surface area contributed by atoms with E-state index < -0.39 is 0 Å². The molecule has 0 aliphatic heterocycles.